The zero-order valence-corrected chi connectivity index (χ0v) is 11.9. The molecular formula is C13H21NO3S. The maximum Gasteiger partial charge on any atom is 0.178 e. The normalized spacial score (nSPS) is 13.6. The van der Waals surface area contributed by atoms with Gasteiger partial charge >= 0.3 is 0 Å². The maximum absolute atomic E-state index is 11.6. The van der Waals surface area contributed by atoms with E-state index in [0.29, 0.717) is 10.8 Å². The predicted octanol–water partition coefficient (Wildman–Crippen LogP) is 1.91. The summed E-state index contributed by atoms with van der Waals surface area (Å²) in [6.07, 6.45) is 0. The van der Waals surface area contributed by atoms with E-state index in [-0.39, 0.29) is 18.4 Å². The Labute approximate surface area is 109 Å². The molecule has 0 amide bonds. The summed E-state index contributed by atoms with van der Waals surface area (Å²) >= 11 is 0. The molecule has 18 heavy (non-hydrogen) atoms. The topological polar surface area (TPSA) is 66.4 Å². The fraction of sp³-hybridized carbons (Fsp3) is 0.538. The first-order valence-electron chi connectivity index (χ1n) is 6.11. The molecule has 0 saturated heterocycles. The second-order valence-electron chi connectivity index (χ2n) is 4.61. The van der Waals surface area contributed by atoms with E-state index in [2.05, 4.69) is 5.32 Å². The number of sulfone groups is 1. The van der Waals surface area contributed by atoms with Crippen molar-refractivity contribution >= 4 is 15.5 Å². The van der Waals surface area contributed by atoms with Crippen LogP contribution < -0.4 is 5.32 Å². The molecule has 0 heterocycles. The number of hydrogen-bond acceptors (Lipinski definition) is 4. The molecule has 0 spiro atoms. The van der Waals surface area contributed by atoms with E-state index in [9.17, 15) is 13.5 Å². The van der Waals surface area contributed by atoms with Gasteiger partial charge in [-0.05, 0) is 30.2 Å². The van der Waals surface area contributed by atoms with Crippen LogP contribution in [0.5, 0.6) is 0 Å². The van der Waals surface area contributed by atoms with Gasteiger partial charge in [-0.15, -0.1) is 0 Å². The van der Waals surface area contributed by atoms with Crippen LogP contribution in [0.15, 0.2) is 29.2 Å². The number of nitrogens with one attached hydrogen (secondary N) is 1. The van der Waals surface area contributed by atoms with Gasteiger partial charge in [0.25, 0.3) is 0 Å². The van der Waals surface area contributed by atoms with Crippen molar-refractivity contribution in [3.8, 4) is 0 Å². The van der Waals surface area contributed by atoms with Crippen molar-refractivity contribution in [1.82, 2.24) is 0 Å². The van der Waals surface area contributed by atoms with Crippen molar-refractivity contribution in [2.75, 3.05) is 17.7 Å². The molecule has 0 fully saturated rings. The highest BCUT2D eigenvalue weighted by Crippen LogP contribution is 2.17. The molecule has 1 unspecified atom stereocenters. The fourth-order valence-electron chi connectivity index (χ4n) is 1.56. The Morgan fingerprint density at radius 1 is 1.22 bits per heavy atom. The molecule has 0 aliphatic carbocycles. The summed E-state index contributed by atoms with van der Waals surface area (Å²) < 4.78 is 23.3. The summed E-state index contributed by atoms with van der Waals surface area (Å²) in [4.78, 5) is 0.334. The van der Waals surface area contributed by atoms with E-state index in [0.717, 1.165) is 5.69 Å². The van der Waals surface area contributed by atoms with Crippen LogP contribution in [0.3, 0.4) is 0 Å². The molecular weight excluding hydrogens is 250 g/mol. The first kappa shape index (κ1) is 15.0. The minimum atomic E-state index is -3.14. The lowest BCUT2D eigenvalue weighted by molar-refractivity contribution is 0.249. The summed E-state index contributed by atoms with van der Waals surface area (Å²) in [5.41, 5.74) is 0.817. The van der Waals surface area contributed by atoms with Crippen molar-refractivity contribution in [3.63, 3.8) is 0 Å². The summed E-state index contributed by atoms with van der Waals surface area (Å²) in [5.74, 6) is 0.402. The molecule has 0 aliphatic rings. The number of aliphatic hydroxyl groups excluding tert-OH is 1. The third kappa shape index (κ3) is 3.71. The van der Waals surface area contributed by atoms with Crippen LogP contribution in [0.1, 0.15) is 20.8 Å². The summed E-state index contributed by atoms with van der Waals surface area (Å²) in [6.45, 7) is 5.71. The second kappa shape index (κ2) is 6.20. The third-order valence-corrected chi connectivity index (χ3v) is 4.70. The molecule has 1 atom stereocenters. The Hall–Kier alpha value is -1.07. The van der Waals surface area contributed by atoms with Crippen LogP contribution in [0.4, 0.5) is 5.69 Å². The van der Waals surface area contributed by atoms with E-state index in [1.165, 1.54) is 0 Å². The monoisotopic (exact) mass is 271 g/mol. The maximum atomic E-state index is 11.6. The molecule has 102 valence electrons. The molecule has 0 aromatic heterocycles. The van der Waals surface area contributed by atoms with Crippen molar-refractivity contribution in [2.24, 2.45) is 5.92 Å². The molecule has 1 aromatic rings. The molecule has 1 rings (SSSR count). The summed E-state index contributed by atoms with van der Waals surface area (Å²) in [5, 5.41) is 12.4. The van der Waals surface area contributed by atoms with Gasteiger partial charge in [0.2, 0.25) is 0 Å². The SMILES string of the molecule is CCS(=O)(=O)c1ccc(NC(CO)C(C)C)cc1. The lowest BCUT2D eigenvalue weighted by Gasteiger charge is -2.21. The van der Waals surface area contributed by atoms with E-state index >= 15 is 0 Å². The highest BCUT2D eigenvalue weighted by atomic mass is 32.2. The molecule has 0 radical (unpaired) electrons. The Kier molecular flexibility index (Phi) is 5.16. The lowest BCUT2D eigenvalue weighted by atomic mass is 10.1. The molecule has 5 heteroatoms. The van der Waals surface area contributed by atoms with Crippen molar-refractivity contribution in [1.29, 1.82) is 0 Å². The lowest BCUT2D eigenvalue weighted by Crippen LogP contribution is -2.29. The number of benzene rings is 1. The van der Waals surface area contributed by atoms with Gasteiger partial charge in [0, 0.05) is 5.69 Å². The van der Waals surface area contributed by atoms with Crippen LogP contribution in [0, 0.1) is 5.92 Å². The van der Waals surface area contributed by atoms with Crippen LogP contribution in [-0.2, 0) is 9.84 Å². The highest BCUT2D eigenvalue weighted by Gasteiger charge is 2.13. The van der Waals surface area contributed by atoms with E-state index in [4.69, 9.17) is 0 Å². The largest absolute Gasteiger partial charge is 0.394 e. The zero-order chi connectivity index (χ0) is 13.8. The first-order chi connectivity index (χ1) is 8.40. The van der Waals surface area contributed by atoms with E-state index in [1.807, 2.05) is 13.8 Å². The van der Waals surface area contributed by atoms with Gasteiger partial charge in [0.15, 0.2) is 9.84 Å². The first-order valence-corrected chi connectivity index (χ1v) is 7.76. The van der Waals surface area contributed by atoms with Gasteiger partial charge < -0.3 is 10.4 Å². The minimum absolute atomic E-state index is 0.0290. The number of anilines is 1. The Bertz CT molecular complexity index is 466. The van der Waals surface area contributed by atoms with Crippen LogP contribution in [0.2, 0.25) is 0 Å². The number of aliphatic hydroxyl groups is 1. The molecule has 4 nitrogen and oxygen atoms in total. The van der Waals surface area contributed by atoms with Gasteiger partial charge in [-0.25, -0.2) is 8.42 Å². The van der Waals surface area contributed by atoms with Gasteiger partial charge in [0.05, 0.1) is 23.3 Å². The molecule has 1 aromatic carbocycles. The van der Waals surface area contributed by atoms with Gasteiger partial charge in [0.1, 0.15) is 0 Å². The molecule has 2 N–H and O–H groups in total. The van der Waals surface area contributed by atoms with Crippen molar-refractivity contribution in [2.45, 2.75) is 31.7 Å². The Morgan fingerprint density at radius 2 is 1.78 bits per heavy atom. The minimum Gasteiger partial charge on any atom is -0.394 e. The average molecular weight is 271 g/mol. The fourth-order valence-corrected chi connectivity index (χ4v) is 2.45. The van der Waals surface area contributed by atoms with Crippen LogP contribution >= 0.6 is 0 Å². The van der Waals surface area contributed by atoms with Gasteiger partial charge in [-0.1, -0.05) is 20.8 Å². The summed E-state index contributed by atoms with van der Waals surface area (Å²) in [7, 11) is -3.14. The van der Waals surface area contributed by atoms with Gasteiger partial charge in [-0.2, -0.15) is 0 Å². The average Bonchev–Trinajstić information content (AvgIpc) is 2.36. The quantitative estimate of drug-likeness (QED) is 0.829. The van der Waals surface area contributed by atoms with E-state index < -0.39 is 9.84 Å². The van der Waals surface area contributed by atoms with Crippen molar-refractivity contribution < 1.29 is 13.5 Å². The Morgan fingerprint density at radius 3 is 2.17 bits per heavy atom. The molecule has 0 bridgehead atoms. The third-order valence-electron chi connectivity index (χ3n) is 2.95. The number of hydrogen-bond donors (Lipinski definition) is 2. The smallest absolute Gasteiger partial charge is 0.178 e. The summed E-state index contributed by atoms with van der Waals surface area (Å²) in [6, 6.07) is 6.62. The molecule has 0 saturated carbocycles. The zero-order valence-electron chi connectivity index (χ0n) is 11.1. The highest BCUT2D eigenvalue weighted by molar-refractivity contribution is 7.91. The molecule has 0 aliphatic heterocycles. The standard InChI is InChI=1S/C13H21NO3S/c1-4-18(16,17)12-7-5-11(6-8-12)14-13(9-15)10(2)3/h5-8,10,13-15H,4,9H2,1-3H3. The number of rotatable bonds is 6. The van der Waals surface area contributed by atoms with Crippen LogP contribution in [0.25, 0.3) is 0 Å². The van der Waals surface area contributed by atoms with Crippen LogP contribution in [-0.4, -0.2) is 31.9 Å². The van der Waals surface area contributed by atoms with Gasteiger partial charge in [-0.3, -0.25) is 0 Å². The Balaban J connectivity index is 2.84. The van der Waals surface area contributed by atoms with E-state index in [1.54, 1.807) is 31.2 Å². The van der Waals surface area contributed by atoms with Crippen molar-refractivity contribution in [3.05, 3.63) is 24.3 Å². The second-order valence-corrected chi connectivity index (χ2v) is 6.88. The predicted molar refractivity (Wildman–Crippen MR) is 73.5 cm³/mol.